The third-order valence-corrected chi connectivity index (χ3v) is 13.2. The van der Waals surface area contributed by atoms with Crippen LogP contribution in [-0.4, -0.2) is 49.1 Å². The standard InChI is InChI=1S/C30H29F6NO5S/c31-20-3-5-21(6-4-20)43(41,42)28-15-16-37(24(38)26-9-12-27(13-10-26,14-11-26)25(39)40)23(28)8-1-18-17-19(2-7-22(18)28)29(32,33)30(34,35)36/h2-7,17,23H,1,8-16H2,(H,39,40). The van der Waals surface area contributed by atoms with Crippen LogP contribution in [0, 0.1) is 16.6 Å². The molecule has 2 aromatic rings. The van der Waals surface area contributed by atoms with Gasteiger partial charge in [0.25, 0.3) is 0 Å². The summed E-state index contributed by atoms with van der Waals surface area (Å²) in [4.78, 5) is 27.5. The average Bonchev–Trinajstić information content (AvgIpc) is 3.38. The largest absolute Gasteiger partial charge is 0.481 e. The highest BCUT2D eigenvalue weighted by atomic mass is 32.2. The Morgan fingerprint density at radius 3 is 2.00 bits per heavy atom. The van der Waals surface area contributed by atoms with Crippen molar-refractivity contribution in [1.29, 1.82) is 0 Å². The van der Waals surface area contributed by atoms with Crippen molar-refractivity contribution in [1.82, 2.24) is 4.90 Å². The summed E-state index contributed by atoms with van der Waals surface area (Å²) in [7, 11) is -4.45. The van der Waals surface area contributed by atoms with E-state index in [-0.39, 0.29) is 47.7 Å². The molecule has 232 valence electrons. The molecule has 3 saturated carbocycles. The van der Waals surface area contributed by atoms with E-state index < -0.39 is 60.9 Å². The highest BCUT2D eigenvalue weighted by molar-refractivity contribution is 7.92. The van der Waals surface area contributed by atoms with Crippen LogP contribution in [0.2, 0.25) is 0 Å². The minimum absolute atomic E-state index is 0.00432. The maximum atomic E-state index is 14.5. The van der Waals surface area contributed by atoms with Crippen LogP contribution in [0.1, 0.15) is 68.1 Å². The lowest BCUT2D eigenvalue weighted by Gasteiger charge is -2.52. The number of carboxylic acids is 1. The van der Waals surface area contributed by atoms with Gasteiger partial charge in [-0.1, -0.05) is 12.1 Å². The lowest BCUT2D eigenvalue weighted by Crippen LogP contribution is -2.57. The van der Waals surface area contributed by atoms with E-state index in [0.717, 1.165) is 30.3 Å². The number of carbonyl (C=O) groups is 2. The van der Waals surface area contributed by atoms with Crippen molar-refractivity contribution in [2.24, 2.45) is 10.8 Å². The molecule has 7 rings (SSSR count). The molecular formula is C30H29F6NO5S. The molecule has 1 saturated heterocycles. The van der Waals surface area contributed by atoms with Gasteiger partial charge in [0.05, 0.1) is 16.4 Å². The molecule has 2 aromatic carbocycles. The van der Waals surface area contributed by atoms with Gasteiger partial charge in [0.1, 0.15) is 10.6 Å². The number of fused-ring (bicyclic) bond motifs is 6. The molecule has 6 nitrogen and oxygen atoms in total. The van der Waals surface area contributed by atoms with Crippen LogP contribution in [0.3, 0.4) is 0 Å². The summed E-state index contributed by atoms with van der Waals surface area (Å²) < 4.78 is 109. The predicted molar refractivity (Wildman–Crippen MR) is 140 cm³/mol. The Bertz CT molecular complexity index is 1580. The molecule has 43 heavy (non-hydrogen) atoms. The van der Waals surface area contributed by atoms with Crippen molar-refractivity contribution in [3.05, 3.63) is 65.0 Å². The first-order valence-corrected chi connectivity index (χ1v) is 15.6. The number of carboxylic acid groups (broad SMARTS) is 1. The normalized spacial score (nSPS) is 30.6. The molecule has 1 N–H and O–H groups in total. The van der Waals surface area contributed by atoms with Gasteiger partial charge in [-0.2, -0.15) is 22.0 Å². The zero-order valence-corrected chi connectivity index (χ0v) is 23.7. The Morgan fingerprint density at radius 2 is 1.44 bits per heavy atom. The molecule has 4 aliphatic carbocycles. The number of aliphatic carboxylic acids is 1. The minimum atomic E-state index is -5.86. The summed E-state index contributed by atoms with van der Waals surface area (Å²) in [6.07, 6.45) is -4.05. The van der Waals surface area contributed by atoms with Crippen molar-refractivity contribution < 1.29 is 49.5 Å². The van der Waals surface area contributed by atoms with Crippen LogP contribution >= 0.6 is 0 Å². The SMILES string of the molecule is O=C(O)C12CCC(C(=O)N3CCC4(S(=O)(=O)c5ccc(F)cc5)c5ccc(C(F)(F)C(F)(F)F)cc5CCC34)(CC1)CC2. The first kappa shape index (κ1) is 30.0. The third kappa shape index (κ3) is 4.09. The summed E-state index contributed by atoms with van der Waals surface area (Å²) >= 11 is 0. The molecule has 2 atom stereocenters. The number of halogens is 6. The zero-order chi connectivity index (χ0) is 31.2. The van der Waals surface area contributed by atoms with Gasteiger partial charge in [0.2, 0.25) is 5.91 Å². The van der Waals surface area contributed by atoms with Gasteiger partial charge < -0.3 is 10.0 Å². The van der Waals surface area contributed by atoms with Gasteiger partial charge in [-0.3, -0.25) is 9.59 Å². The van der Waals surface area contributed by atoms with Crippen molar-refractivity contribution in [2.45, 2.75) is 85.6 Å². The molecule has 13 heteroatoms. The first-order chi connectivity index (χ1) is 20.0. The maximum Gasteiger partial charge on any atom is 0.458 e. The molecule has 5 aliphatic rings. The van der Waals surface area contributed by atoms with E-state index in [2.05, 4.69) is 0 Å². The number of carbonyl (C=O) groups excluding carboxylic acids is 1. The number of sulfone groups is 1. The number of hydrogen-bond donors (Lipinski definition) is 1. The Kier molecular flexibility index (Phi) is 6.59. The van der Waals surface area contributed by atoms with E-state index in [0.29, 0.717) is 50.7 Å². The number of aryl methyl sites for hydroxylation is 1. The second-order valence-electron chi connectivity index (χ2n) is 12.5. The minimum Gasteiger partial charge on any atom is -0.481 e. The van der Waals surface area contributed by atoms with E-state index in [1.165, 1.54) is 4.90 Å². The van der Waals surface area contributed by atoms with E-state index in [4.69, 9.17) is 0 Å². The van der Waals surface area contributed by atoms with Crippen LogP contribution in [0.4, 0.5) is 26.3 Å². The summed E-state index contributed by atoms with van der Waals surface area (Å²) in [5.74, 6) is -7.02. The van der Waals surface area contributed by atoms with Crippen LogP contribution < -0.4 is 0 Å². The maximum absolute atomic E-state index is 14.5. The number of nitrogens with zero attached hydrogens (tertiary/aromatic N) is 1. The summed E-state index contributed by atoms with van der Waals surface area (Å²) in [5, 5.41) is 9.76. The van der Waals surface area contributed by atoms with E-state index in [1.54, 1.807) is 0 Å². The average molecular weight is 630 g/mol. The molecule has 1 heterocycles. The smallest absolute Gasteiger partial charge is 0.458 e. The first-order valence-electron chi connectivity index (χ1n) is 14.1. The van der Waals surface area contributed by atoms with Gasteiger partial charge in [0.15, 0.2) is 9.84 Å². The predicted octanol–water partition coefficient (Wildman–Crippen LogP) is 6.12. The molecule has 0 radical (unpaired) electrons. The highest BCUT2D eigenvalue weighted by Crippen LogP contribution is 2.60. The molecule has 4 fully saturated rings. The van der Waals surface area contributed by atoms with E-state index in [1.807, 2.05) is 0 Å². The summed E-state index contributed by atoms with van der Waals surface area (Å²) in [6.45, 7) is -0.00432. The third-order valence-electron chi connectivity index (χ3n) is 10.6. The fourth-order valence-electron chi connectivity index (χ4n) is 8.09. The van der Waals surface area contributed by atoms with Gasteiger partial charge >= 0.3 is 18.1 Å². The number of rotatable bonds is 5. The fourth-order valence-corrected chi connectivity index (χ4v) is 10.5. The lowest BCUT2D eigenvalue weighted by atomic mass is 9.53. The van der Waals surface area contributed by atoms with Crippen molar-refractivity contribution >= 4 is 21.7 Å². The van der Waals surface area contributed by atoms with Crippen molar-refractivity contribution in [2.75, 3.05) is 6.54 Å². The molecule has 0 aromatic heterocycles. The highest BCUT2D eigenvalue weighted by Gasteiger charge is 2.65. The molecule has 1 aliphatic heterocycles. The summed E-state index contributed by atoms with van der Waals surface area (Å²) in [5.41, 5.74) is -2.95. The van der Waals surface area contributed by atoms with Gasteiger partial charge in [0, 0.05) is 17.5 Å². The number of amides is 1. The topological polar surface area (TPSA) is 91.8 Å². The number of likely N-dealkylation sites (tertiary alicyclic amines) is 1. The van der Waals surface area contributed by atoms with E-state index >= 15 is 0 Å². The Hall–Kier alpha value is -3.09. The Balaban J connectivity index is 1.45. The monoisotopic (exact) mass is 629 g/mol. The molecule has 2 unspecified atom stereocenters. The van der Waals surface area contributed by atoms with Crippen LogP contribution in [0.15, 0.2) is 47.4 Å². The van der Waals surface area contributed by atoms with Gasteiger partial charge in [-0.15, -0.1) is 0 Å². The lowest BCUT2D eigenvalue weighted by molar-refractivity contribution is -0.289. The van der Waals surface area contributed by atoms with Gasteiger partial charge in [-0.05, 0) is 99.2 Å². The van der Waals surface area contributed by atoms with E-state index in [9.17, 15) is 49.5 Å². The number of benzene rings is 2. The quantitative estimate of drug-likeness (QED) is 0.318. The van der Waals surface area contributed by atoms with Gasteiger partial charge in [-0.25, -0.2) is 12.8 Å². The molecular weight excluding hydrogens is 600 g/mol. The van der Waals surface area contributed by atoms with Crippen LogP contribution in [0.5, 0.6) is 0 Å². The second-order valence-corrected chi connectivity index (χ2v) is 14.7. The Morgan fingerprint density at radius 1 is 0.860 bits per heavy atom. The fraction of sp³-hybridized carbons (Fsp3) is 0.533. The van der Waals surface area contributed by atoms with Crippen molar-refractivity contribution in [3.63, 3.8) is 0 Å². The zero-order valence-electron chi connectivity index (χ0n) is 22.9. The molecule has 0 spiro atoms. The Labute approximate surface area is 244 Å². The van der Waals surface area contributed by atoms with Crippen LogP contribution in [-0.2, 0) is 36.5 Å². The molecule has 1 amide bonds. The second kappa shape index (κ2) is 9.45. The molecule has 2 bridgehead atoms. The number of alkyl halides is 5. The number of hydrogen-bond acceptors (Lipinski definition) is 4. The van der Waals surface area contributed by atoms with Crippen molar-refractivity contribution in [3.8, 4) is 0 Å². The summed E-state index contributed by atoms with van der Waals surface area (Å²) in [6, 6.07) is 5.42. The van der Waals surface area contributed by atoms with Crippen LogP contribution in [0.25, 0.3) is 0 Å².